The third-order valence-corrected chi connectivity index (χ3v) is 4.67. The van der Waals surface area contributed by atoms with Crippen molar-refractivity contribution in [2.75, 3.05) is 0 Å². The molecular weight excluding hydrogens is 285 g/mol. The lowest BCUT2D eigenvalue weighted by Gasteiger charge is -2.14. The monoisotopic (exact) mass is 299 g/mol. The summed E-state index contributed by atoms with van der Waals surface area (Å²) in [6.45, 7) is 0. The van der Waals surface area contributed by atoms with Crippen LogP contribution in [0, 0.1) is 0 Å². The Bertz CT molecular complexity index is 497. The first kappa shape index (κ1) is 13.9. The summed E-state index contributed by atoms with van der Waals surface area (Å²) in [5.41, 5.74) is 7.10. The van der Waals surface area contributed by atoms with Gasteiger partial charge in [0.25, 0.3) is 0 Å². The second-order valence-electron chi connectivity index (χ2n) is 4.22. The van der Waals surface area contributed by atoms with Gasteiger partial charge in [0.1, 0.15) is 0 Å². The van der Waals surface area contributed by atoms with Gasteiger partial charge >= 0.3 is 0 Å². The van der Waals surface area contributed by atoms with Gasteiger partial charge in [-0.25, -0.2) is 0 Å². The number of benzene rings is 1. The molecule has 0 fully saturated rings. The number of hydrogen-bond donors (Lipinski definition) is 1. The number of thiophene rings is 1. The van der Waals surface area contributed by atoms with E-state index in [-0.39, 0.29) is 6.04 Å². The standard InChI is InChI=1S/C14H15Cl2NS/c15-12-7-2-6-11(14(12)16)13(17)8-1-4-10-5-3-9-18-10/h2-3,5-7,9,13H,1,4,8,17H2. The Morgan fingerprint density at radius 1 is 1.17 bits per heavy atom. The molecule has 1 aromatic heterocycles. The van der Waals surface area contributed by atoms with Crippen molar-refractivity contribution in [2.24, 2.45) is 5.73 Å². The molecule has 2 N–H and O–H groups in total. The van der Waals surface area contributed by atoms with E-state index in [2.05, 4.69) is 17.5 Å². The zero-order chi connectivity index (χ0) is 13.0. The van der Waals surface area contributed by atoms with E-state index in [0.717, 1.165) is 24.8 Å². The topological polar surface area (TPSA) is 26.0 Å². The molecule has 1 aromatic carbocycles. The van der Waals surface area contributed by atoms with E-state index in [0.29, 0.717) is 10.0 Å². The maximum Gasteiger partial charge on any atom is 0.0639 e. The first-order valence-corrected chi connectivity index (χ1v) is 7.54. The molecule has 0 spiro atoms. The van der Waals surface area contributed by atoms with Crippen molar-refractivity contribution in [1.29, 1.82) is 0 Å². The van der Waals surface area contributed by atoms with Crippen LogP contribution in [0.3, 0.4) is 0 Å². The molecule has 0 aliphatic heterocycles. The lowest BCUT2D eigenvalue weighted by molar-refractivity contribution is 0.614. The SMILES string of the molecule is NC(CCCc1cccs1)c1cccc(Cl)c1Cl. The Labute approximate surface area is 122 Å². The van der Waals surface area contributed by atoms with E-state index in [1.165, 1.54) is 4.88 Å². The van der Waals surface area contributed by atoms with E-state index in [1.807, 2.05) is 12.1 Å². The van der Waals surface area contributed by atoms with Crippen LogP contribution in [0.1, 0.15) is 29.3 Å². The zero-order valence-corrected chi connectivity index (χ0v) is 12.2. The van der Waals surface area contributed by atoms with Gasteiger partial charge in [-0.05, 0) is 42.3 Å². The van der Waals surface area contributed by atoms with Gasteiger partial charge in [0, 0.05) is 10.9 Å². The average Bonchev–Trinajstić information content (AvgIpc) is 2.85. The zero-order valence-electron chi connectivity index (χ0n) is 9.90. The predicted molar refractivity (Wildman–Crippen MR) is 80.6 cm³/mol. The molecule has 0 saturated carbocycles. The van der Waals surface area contributed by atoms with Crippen molar-refractivity contribution in [3.05, 3.63) is 56.2 Å². The molecule has 0 bridgehead atoms. The molecule has 2 rings (SSSR count). The van der Waals surface area contributed by atoms with Crippen LogP contribution in [0.2, 0.25) is 10.0 Å². The molecule has 4 heteroatoms. The highest BCUT2D eigenvalue weighted by Gasteiger charge is 2.12. The van der Waals surface area contributed by atoms with Crippen molar-refractivity contribution < 1.29 is 0 Å². The highest BCUT2D eigenvalue weighted by atomic mass is 35.5. The van der Waals surface area contributed by atoms with Gasteiger partial charge in [0.05, 0.1) is 10.0 Å². The number of aryl methyl sites for hydroxylation is 1. The lowest BCUT2D eigenvalue weighted by Crippen LogP contribution is -2.11. The van der Waals surface area contributed by atoms with E-state index < -0.39 is 0 Å². The minimum Gasteiger partial charge on any atom is -0.324 e. The van der Waals surface area contributed by atoms with Gasteiger partial charge in [-0.2, -0.15) is 0 Å². The Balaban J connectivity index is 1.91. The number of halogens is 2. The predicted octanol–water partition coefficient (Wildman–Crippen LogP) is 5.08. The molecule has 0 aliphatic rings. The third-order valence-electron chi connectivity index (χ3n) is 2.90. The van der Waals surface area contributed by atoms with Crippen LogP contribution >= 0.6 is 34.5 Å². The molecule has 0 radical (unpaired) electrons. The molecule has 1 heterocycles. The first-order valence-electron chi connectivity index (χ1n) is 5.90. The van der Waals surface area contributed by atoms with E-state index in [4.69, 9.17) is 28.9 Å². The Morgan fingerprint density at radius 2 is 2.00 bits per heavy atom. The van der Waals surface area contributed by atoms with Crippen molar-refractivity contribution in [3.8, 4) is 0 Å². The van der Waals surface area contributed by atoms with E-state index in [1.54, 1.807) is 17.4 Å². The second kappa shape index (κ2) is 6.58. The molecule has 1 nitrogen and oxygen atoms in total. The summed E-state index contributed by atoms with van der Waals surface area (Å²) in [7, 11) is 0. The molecule has 0 amide bonds. The summed E-state index contributed by atoms with van der Waals surface area (Å²) in [6, 6.07) is 9.81. The summed E-state index contributed by atoms with van der Waals surface area (Å²) >= 11 is 13.9. The minimum atomic E-state index is -0.0452. The number of nitrogens with two attached hydrogens (primary N) is 1. The maximum atomic E-state index is 6.16. The van der Waals surface area contributed by atoms with Crippen LogP contribution in [-0.2, 0) is 6.42 Å². The smallest absolute Gasteiger partial charge is 0.0639 e. The van der Waals surface area contributed by atoms with Crippen molar-refractivity contribution in [2.45, 2.75) is 25.3 Å². The fourth-order valence-corrected chi connectivity index (χ4v) is 3.11. The van der Waals surface area contributed by atoms with Crippen LogP contribution in [-0.4, -0.2) is 0 Å². The Hall–Kier alpha value is -0.540. The molecule has 1 unspecified atom stereocenters. The highest BCUT2D eigenvalue weighted by molar-refractivity contribution is 7.09. The normalized spacial score (nSPS) is 12.6. The van der Waals surface area contributed by atoms with Crippen molar-refractivity contribution >= 4 is 34.5 Å². The summed E-state index contributed by atoms with van der Waals surface area (Å²) in [6.07, 6.45) is 3.05. The maximum absolute atomic E-state index is 6.16. The molecule has 0 saturated heterocycles. The number of rotatable bonds is 5. The minimum absolute atomic E-state index is 0.0452. The molecule has 18 heavy (non-hydrogen) atoms. The summed E-state index contributed by atoms with van der Waals surface area (Å²) in [5.74, 6) is 0. The average molecular weight is 300 g/mol. The third kappa shape index (κ3) is 3.48. The summed E-state index contributed by atoms with van der Waals surface area (Å²) < 4.78 is 0. The van der Waals surface area contributed by atoms with Crippen molar-refractivity contribution in [1.82, 2.24) is 0 Å². The summed E-state index contributed by atoms with van der Waals surface area (Å²) in [4.78, 5) is 1.40. The molecular formula is C14H15Cl2NS. The fourth-order valence-electron chi connectivity index (χ4n) is 1.91. The Morgan fingerprint density at radius 3 is 2.72 bits per heavy atom. The van der Waals surface area contributed by atoms with E-state index >= 15 is 0 Å². The van der Waals surface area contributed by atoms with Crippen LogP contribution < -0.4 is 5.73 Å². The lowest BCUT2D eigenvalue weighted by atomic mass is 10.0. The number of hydrogen-bond acceptors (Lipinski definition) is 2. The Kier molecular flexibility index (Phi) is 5.07. The second-order valence-corrected chi connectivity index (χ2v) is 6.04. The van der Waals surface area contributed by atoms with Crippen LogP contribution in [0.5, 0.6) is 0 Å². The van der Waals surface area contributed by atoms with Gasteiger partial charge < -0.3 is 5.73 Å². The van der Waals surface area contributed by atoms with Crippen LogP contribution in [0.4, 0.5) is 0 Å². The van der Waals surface area contributed by atoms with Gasteiger partial charge in [-0.15, -0.1) is 11.3 Å². The quantitative estimate of drug-likeness (QED) is 0.819. The van der Waals surface area contributed by atoms with Crippen LogP contribution in [0.15, 0.2) is 35.7 Å². The fraction of sp³-hybridized carbons (Fsp3) is 0.286. The molecule has 0 aliphatic carbocycles. The van der Waals surface area contributed by atoms with E-state index in [9.17, 15) is 0 Å². The first-order chi connectivity index (χ1) is 8.68. The van der Waals surface area contributed by atoms with Gasteiger partial charge in [0.15, 0.2) is 0 Å². The highest BCUT2D eigenvalue weighted by Crippen LogP contribution is 2.31. The molecule has 2 aromatic rings. The molecule has 96 valence electrons. The molecule has 1 atom stereocenters. The van der Waals surface area contributed by atoms with Crippen LogP contribution in [0.25, 0.3) is 0 Å². The van der Waals surface area contributed by atoms with Crippen molar-refractivity contribution in [3.63, 3.8) is 0 Å². The summed E-state index contributed by atoms with van der Waals surface area (Å²) in [5, 5.41) is 3.26. The van der Waals surface area contributed by atoms with Gasteiger partial charge in [-0.3, -0.25) is 0 Å². The largest absolute Gasteiger partial charge is 0.324 e. The van der Waals surface area contributed by atoms with Gasteiger partial charge in [-0.1, -0.05) is 41.4 Å². The van der Waals surface area contributed by atoms with Gasteiger partial charge in [0.2, 0.25) is 0 Å².